The number of fused-ring (bicyclic) bond motifs is 3. The van der Waals surface area contributed by atoms with Crippen molar-refractivity contribution in [3.8, 4) is 0 Å². The highest BCUT2D eigenvalue weighted by atomic mass is 15.2. The van der Waals surface area contributed by atoms with Gasteiger partial charge in [0.2, 0.25) is 0 Å². The molecule has 0 N–H and O–H groups in total. The summed E-state index contributed by atoms with van der Waals surface area (Å²) in [6.07, 6.45) is 6.03. The van der Waals surface area contributed by atoms with Crippen LogP contribution < -0.4 is 4.90 Å². The van der Waals surface area contributed by atoms with Crippen molar-refractivity contribution >= 4 is 16.9 Å². The van der Waals surface area contributed by atoms with Crippen LogP contribution in [0.2, 0.25) is 0 Å². The topological polar surface area (TPSA) is 29.0 Å². The summed E-state index contributed by atoms with van der Waals surface area (Å²) in [7, 11) is 0. The van der Waals surface area contributed by atoms with Crippen molar-refractivity contribution in [2.24, 2.45) is 5.92 Å². The van der Waals surface area contributed by atoms with Crippen LogP contribution >= 0.6 is 0 Å². The molecule has 2 atom stereocenters. The molecule has 2 bridgehead atoms. The van der Waals surface area contributed by atoms with Gasteiger partial charge in [-0.25, -0.2) is 4.98 Å². The lowest BCUT2D eigenvalue weighted by molar-refractivity contribution is 0.550. The van der Waals surface area contributed by atoms with Gasteiger partial charge in [0.05, 0.1) is 17.2 Å². The molecule has 4 rings (SSSR count). The largest absolute Gasteiger partial charge is 0.352 e. The molecule has 1 aromatic carbocycles. The van der Waals surface area contributed by atoms with Gasteiger partial charge in [0.25, 0.3) is 0 Å². The summed E-state index contributed by atoms with van der Waals surface area (Å²) in [5, 5.41) is 0. The maximum absolute atomic E-state index is 4.74. The monoisotopic (exact) mass is 225 g/mol. The van der Waals surface area contributed by atoms with Crippen LogP contribution in [0.5, 0.6) is 0 Å². The van der Waals surface area contributed by atoms with Gasteiger partial charge >= 0.3 is 0 Å². The van der Waals surface area contributed by atoms with Gasteiger partial charge in [-0.3, -0.25) is 4.98 Å². The molecule has 2 fully saturated rings. The molecule has 1 aromatic heterocycles. The Morgan fingerprint density at radius 1 is 1.12 bits per heavy atom. The molecule has 1 aliphatic heterocycles. The summed E-state index contributed by atoms with van der Waals surface area (Å²) in [6.45, 7) is 1.18. The Kier molecular flexibility index (Phi) is 1.89. The zero-order valence-corrected chi connectivity index (χ0v) is 9.71. The number of aromatic nitrogens is 2. The van der Waals surface area contributed by atoms with E-state index in [4.69, 9.17) is 4.98 Å². The fourth-order valence-corrected chi connectivity index (χ4v) is 3.29. The van der Waals surface area contributed by atoms with Gasteiger partial charge in [-0.2, -0.15) is 0 Å². The third-order valence-electron chi connectivity index (χ3n) is 4.14. The van der Waals surface area contributed by atoms with E-state index >= 15 is 0 Å². The predicted molar refractivity (Wildman–Crippen MR) is 68.0 cm³/mol. The summed E-state index contributed by atoms with van der Waals surface area (Å²) >= 11 is 0. The average Bonchev–Trinajstić information content (AvgIpc) is 3.00. The number of hydrogen-bond donors (Lipinski definition) is 0. The molecule has 0 unspecified atom stereocenters. The minimum Gasteiger partial charge on any atom is -0.352 e. The maximum Gasteiger partial charge on any atom is 0.148 e. The number of anilines is 1. The van der Waals surface area contributed by atoms with E-state index in [1.165, 1.54) is 25.8 Å². The standard InChI is InChI=1S/C14H15N3/c1-2-4-13-12(3-1)15-8-14(16-13)17-9-10-5-6-11(17)7-10/h1-4,8,10-11H,5-7,9H2/t10-,11-/m0/s1. The van der Waals surface area contributed by atoms with Crippen LogP contribution in [0.15, 0.2) is 30.5 Å². The van der Waals surface area contributed by atoms with Crippen molar-refractivity contribution in [1.82, 2.24) is 9.97 Å². The minimum atomic E-state index is 0.718. The Balaban J connectivity index is 1.76. The van der Waals surface area contributed by atoms with Crippen LogP contribution in [0.25, 0.3) is 11.0 Å². The van der Waals surface area contributed by atoms with Gasteiger partial charge in [-0.05, 0) is 37.3 Å². The van der Waals surface area contributed by atoms with Crippen LogP contribution in [-0.4, -0.2) is 22.6 Å². The van der Waals surface area contributed by atoms with Crippen LogP contribution in [0, 0.1) is 5.92 Å². The fourth-order valence-electron chi connectivity index (χ4n) is 3.29. The predicted octanol–water partition coefficient (Wildman–Crippen LogP) is 2.62. The van der Waals surface area contributed by atoms with Crippen LogP contribution in [-0.2, 0) is 0 Å². The molecule has 2 heterocycles. The normalized spacial score (nSPS) is 26.9. The van der Waals surface area contributed by atoms with Gasteiger partial charge in [0, 0.05) is 12.6 Å². The third kappa shape index (κ3) is 1.42. The molecule has 2 aromatic rings. The lowest BCUT2D eigenvalue weighted by atomic mass is 10.1. The number of nitrogens with zero attached hydrogens (tertiary/aromatic N) is 3. The van der Waals surface area contributed by atoms with Crippen molar-refractivity contribution < 1.29 is 0 Å². The van der Waals surface area contributed by atoms with Gasteiger partial charge in [-0.1, -0.05) is 12.1 Å². The second-order valence-corrected chi connectivity index (χ2v) is 5.20. The molecular weight excluding hydrogens is 210 g/mol. The first-order chi connectivity index (χ1) is 8.40. The molecule has 1 saturated carbocycles. The van der Waals surface area contributed by atoms with Crippen LogP contribution in [0.1, 0.15) is 19.3 Å². The second kappa shape index (κ2) is 3.42. The lowest BCUT2D eigenvalue weighted by Crippen LogP contribution is -2.32. The first kappa shape index (κ1) is 9.40. The first-order valence-electron chi connectivity index (χ1n) is 6.38. The molecule has 0 radical (unpaired) electrons. The fraction of sp³-hybridized carbons (Fsp3) is 0.429. The Morgan fingerprint density at radius 3 is 2.76 bits per heavy atom. The zero-order valence-electron chi connectivity index (χ0n) is 9.71. The van der Waals surface area contributed by atoms with Crippen molar-refractivity contribution in [3.05, 3.63) is 30.5 Å². The van der Waals surface area contributed by atoms with E-state index in [0.29, 0.717) is 0 Å². The van der Waals surface area contributed by atoms with E-state index in [9.17, 15) is 0 Å². The molecule has 86 valence electrons. The van der Waals surface area contributed by atoms with E-state index in [1.807, 2.05) is 30.5 Å². The third-order valence-corrected chi connectivity index (χ3v) is 4.14. The summed E-state index contributed by atoms with van der Waals surface area (Å²) < 4.78 is 0. The number of hydrogen-bond acceptors (Lipinski definition) is 3. The summed E-state index contributed by atoms with van der Waals surface area (Å²) in [4.78, 5) is 11.7. The number of rotatable bonds is 1. The van der Waals surface area contributed by atoms with Crippen molar-refractivity contribution in [3.63, 3.8) is 0 Å². The molecule has 0 amide bonds. The van der Waals surface area contributed by atoms with E-state index in [2.05, 4.69) is 9.88 Å². The molecule has 17 heavy (non-hydrogen) atoms. The summed E-state index contributed by atoms with van der Waals surface area (Å²) in [6, 6.07) is 8.81. The van der Waals surface area contributed by atoms with Gasteiger partial charge in [0.1, 0.15) is 5.82 Å². The van der Waals surface area contributed by atoms with Gasteiger partial charge in [0.15, 0.2) is 0 Å². The van der Waals surface area contributed by atoms with Gasteiger partial charge < -0.3 is 4.90 Å². The molecule has 0 spiro atoms. The smallest absolute Gasteiger partial charge is 0.148 e. The van der Waals surface area contributed by atoms with Crippen molar-refractivity contribution in [2.45, 2.75) is 25.3 Å². The van der Waals surface area contributed by atoms with Gasteiger partial charge in [-0.15, -0.1) is 0 Å². The van der Waals surface area contributed by atoms with E-state index in [0.717, 1.165) is 28.8 Å². The minimum absolute atomic E-state index is 0.718. The Hall–Kier alpha value is -1.64. The quantitative estimate of drug-likeness (QED) is 0.747. The average molecular weight is 225 g/mol. The number of piperidine rings is 1. The highest BCUT2D eigenvalue weighted by molar-refractivity contribution is 5.75. The van der Waals surface area contributed by atoms with Crippen LogP contribution in [0.4, 0.5) is 5.82 Å². The van der Waals surface area contributed by atoms with Crippen molar-refractivity contribution in [1.29, 1.82) is 0 Å². The molecular formula is C14H15N3. The Morgan fingerprint density at radius 2 is 2.00 bits per heavy atom. The number of benzene rings is 1. The zero-order chi connectivity index (χ0) is 11.2. The number of para-hydroxylation sites is 2. The van der Waals surface area contributed by atoms with Crippen LogP contribution in [0.3, 0.4) is 0 Å². The van der Waals surface area contributed by atoms with E-state index < -0.39 is 0 Å². The second-order valence-electron chi connectivity index (χ2n) is 5.20. The van der Waals surface area contributed by atoms with E-state index in [-0.39, 0.29) is 0 Å². The summed E-state index contributed by atoms with van der Waals surface area (Å²) in [5.74, 6) is 1.96. The maximum atomic E-state index is 4.74. The first-order valence-corrected chi connectivity index (χ1v) is 6.38. The molecule has 3 heteroatoms. The highest BCUT2D eigenvalue weighted by Gasteiger charge is 2.38. The molecule has 3 nitrogen and oxygen atoms in total. The highest BCUT2D eigenvalue weighted by Crippen LogP contribution is 2.39. The van der Waals surface area contributed by atoms with E-state index in [1.54, 1.807) is 0 Å². The SMILES string of the molecule is c1ccc2nc(N3C[C@H]4CC[C@H]3C4)cnc2c1. The molecule has 1 aliphatic carbocycles. The Bertz CT molecular complexity index is 566. The van der Waals surface area contributed by atoms with Crippen molar-refractivity contribution in [2.75, 3.05) is 11.4 Å². The lowest BCUT2D eigenvalue weighted by Gasteiger charge is -2.27. The molecule has 2 aliphatic rings. The Labute approximate surface area is 100 Å². The molecule has 1 saturated heterocycles. The summed E-state index contributed by atoms with van der Waals surface area (Å²) in [5.41, 5.74) is 1.99.